The molecule has 0 spiro atoms. The van der Waals surface area contributed by atoms with Crippen molar-refractivity contribution in [3.05, 3.63) is 23.8 Å². The van der Waals surface area contributed by atoms with E-state index >= 15 is 0 Å². The Kier molecular flexibility index (Phi) is 7.30. The van der Waals surface area contributed by atoms with E-state index in [-0.39, 0.29) is 23.2 Å². The van der Waals surface area contributed by atoms with Gasteiger partial charge in [-0.05, 0) is 61.9 Å². The lowest BCUT2D eigenvalue weighted by atomic mass is 9.84. The van der Waals surface area contributed by atoms with Crippen LogP contribution in [0.5, 0.6) is 0 Å². The standard InChI is InChI=1S/C19H29N3O3S.ClH/c1-14(15-6-9-20-10-7-15)12-19(23)22-11-8-16-4-5-17(13-18(16)22)26(24,25)21(2)3;/h4-5,13-15,20H,6-12H2,1-3H3;1H. The molecule has 1 aromatic carbocycles. The molecule has 0 radical (unpaired) electrons. The second-order valence-corrected chi connectivity index (χ2v) is 9.79. The maximum absolute atomic E-state index is 12.9. The SMILES string of the molecule is CC(CC(=O)N1CCc2ccc(S(=O)(=O)N(C)C)cc21)C1CCNCC1.Cl. The predicted octanol–water partition coefficient (Wildman–Crippen LogP) is 2.27. The summed E-state index contributed by atoms with van der Waals surface area (Å²) in [5, 5.41) is 3.36. The molecule has 1 fully saturated rings. The quantitative estimate of drug-likeness (QED) is 0.800. The number of sulfonamides is 1. The Labute approximate surface area is 168 Å². The third-order valence-corrected chi connectivity index (χ3v) is 7.53. The Bertz CT molecular complexity index is 776. The number of nitrogens with zero attached hydrogens (tertiary/aromatic N) is 2. The van der Waals surface area contributed by atoms with Crippen LogP contribution in [0, 0.1) is 11.8 Å². The van der Waals surface area contributed by atoms with Crippen LogP contribution in [0.4, 0.5) is 5.69 Å². The molecule has 1 amide bonds. The number of hydrogen-bond acceptors (Lipinski definition) is 4. The van der Waals surface area contributed by atoms with E-state index in [1.54, 1.807) is 17.0 Å². The van der Waals surface area contributed by atoms with Crippen LogP contribution in [-0.2, 0) is 21.2 Å². The van der Waals surface area contributed by atoms with E-state index in [4.69, 9.17) is 0 Å². The van der Waals surface area contributed by atoms with Crippen LogP contribution >= 0.6 is 12.4 Å². The highest BCUT2D eigenvalue weighted by atomic mass is 35.5. The monoisotopic (exact) mass is 415 g/mol. The van der Waals surface area contributed by atoms with Crippen molar-refractivity contribution in [2.24, 2.45) is 11.8 Å². The van der Waals surface area contributed by atoms with Crippen LogP contribution in [0.1, 0.15) is 31.7 Å². The largest absolute Gasteiger partial charge is 0.317 e. The topological polar surface area (TPSA) is 69.7 Å². The molecule has 0 bridgehead atoms. The molecule has 2 heterocycles. The molecule has 0 aliphatic carbocycles. The highest BCUT2D eigenvalue weighted by Crippen LogP contribution is 2.33. The van der Waals surface area contributed by atoms with Crippen molar-refractivity contribution in [2.45, 2.75) is 37.5 Å². The fraction of sp³-hybridized carbons (Fsp3) is 0.632. The average molecular weight is 416 g/mol. The molecule has 8 heteroatoms. The number of carbonyl (C=O) groups excluding carboxylic acids is 1. The number of amides is 1. The van der Waals surface area contributed by atoms with Crippen molar-refractivity contribution < 1.29 is 13.2 Å². The van der Waals surface area contributed by atoms with Crippen LogP contribution in [0.2, 0.25) is 0 Å². The van der Waals surface area contributed by atoms with Crippen molar-refractivity contribution in [3.63, 3.8) is 0 Å². The Balaban J connectivity index is 0.00000261. The van der Waals surface area contributed by atoms with E-state index in [1.165, 1.54) is 18.4 Å². The summed E-state index contributed by atoms with van der Waals surface area (Å²) in [7, 11) is -0.459. The zero-order chi connectivity index (χ0) is 18.9. The Morgan fingerprint density at radius 2 is 1.96 bits per heavy atom. The lowest BCUT2D eigenvalue weighted by Crippen LogP contribution is -2.35. The molecular weight excluding hydrogens is 386 g/mol. The van der Waals surface area contributed by atoms with Gasteiger partial charge < -0.3 is 10.2 Å². The highest BCUT2D eigenvalue weighted by molar-refractivity contribution is 7.89. The smallest absolute Gasteiger partial charge is 0.242 e. The molecule has 152 valence electrons. The number of halogens is 1. The summed E-state index contributed by atoms with van der Waals surface area (Å²) < 4.78 is 26.0. The first-order valence-electron chi connectivity index (χ1n) is 9.37. The minimum absolute atomic E-state index is 0. The van der Waals surface area contributed by atoms with Crippen molar-refractivity contribution >= 4 is 34.0 Å². The van der Waals surface area contributed by atoms with E-state index in [9.17, 15) is 13.2 Å². The van der Waals surface area contributed by atoms with Gasteiger partial charge in [0.15, 0.2) is 0 Å². The van der Waals surface area contributed by atoms with Crippen molar-refractivity contribution in [1.82, 2.24) is 9.62 Å². The van der Waals surface area contributed by atoms with Gasteiger partial charge >= 0.3 is 0 Å². The van der Waals surface area contributed by atoms with Gasteiger partial charge in [0.25, 0.3) is 0 Å². The van der Waals surface area contributed by atoms with Crippen LogP contribution < -0.4 is 10.2 Å². The van der Waals surface area contributed by atoms with Gasteiger partial charge in [-0.3, -0.25) is 4.79 Å². The van der Waals surface area contributed by atoms with Gasteiger partial charge in [-0.1, -0.05) is 13.0 Å². The van der Waals surface area contributed by atoms with Gasteiger partial charge in [-0.2, -0.15) is 0 Å². The molecule has 0 saturated carbocycles. The molecule has 1 unspecified atom stereocenters. The number of fused-ring (bicyclic) bond motifs is 1. The molecule has 2 aliphatic rings. The third kappa shape index (κ3) is 4.65. The molecule has 3 rings (SSSR count). The highest BCUT2D eigenvalue weighted by Gasteiger charge is 2.30. The maximum Gasteiger partial charge on any atom is 0.242 e. The summed E-state index contributed by atoms with van der Waals surface area (Å²) >= 11 is 0. The number of benzene rings is 1. The molecule has 1 N–H and O–H groups in total. The van der Waals surface area contributed by atoms with E-state index < -0.39 is 10.0 Å². The summed E-state index contributed by atoms with van der Waals surface area (Å²) in [6.07, 6.45) is 3.55. The molecule has 27 heavy (non-hydrogen) atoms. The van der Waals surface area contributed by atoms with Gasteiger partial charge in [0.2, 0.25) is 15.9 Å². The lowest BCUT2D eigenvalue weighted by molar-refractivity contribution is -0.119. The number of piperidine rings is 1. The van der Waals surface area contributed by atoms with Gasteiger partial charge in [0.1, 0.15) is 0 Å². The predicted molar refractivity (Wildman–Crippen MR) is 110 cm³/mol. The summed E-state index contributed by atoms with van der Waals surface area (Å²) in [6.45, 7) is 4.86. The van der Waals surface area contributed by atoms with Crippen LogP contribution in [0.25, 0.3) is 0 Å². The van der Waals surface area contributed by atoms with Gasteiger partial charge in [-0.25, -0.2) is 12.7 Å². The molecule has 1 atom stereocenters. The zero-order valence-electron chi connectivity index (χ0n) is 16.3. The second kappa shape index (κ2) is 8.90. The van der Waals surface area contributed by atoms with Gasteiger partial charge in [0, 0.05) is 32.7 Å². The molecule has 0 aromatic heterocycles. The molecule has 1 aromatic rings. The fourth-order valence-electron chi connectivity index (χ4n) is 3.95. The van der Waals surface area contributed by atoms with E-state index in [2.05, 4.69) is 12.2 Å². The van der Waals surface area contributed by atoms with Crippen LogP contribution in [0.15, 0.2) is 23.1 Å². The van der Waals surface area contributed by atoms with Crippen molar-refractivity contribution in [3.8, 4) is 0 Å². The summed E-state index contributed by atoms with van der Waals surface area (Å²) in [6, 6.07) is 5.14. The first-order valence-corrected chi connectivity index (χ1v) is 10.8. The summed E-state index contributed by atoms with van der Waals surface area (Å²) in [5.41, 5.74) is 1.81. The first kappa shape index (κ1) is 22.1. The van der Waals surface area contributed by atoms with Gasteiger partial charge in [-0.15, -0.1) is 12.4 Å². The minimum Gasteiger partial charge on any atom is -0.317 e. The fourth-order valence-corrected chi connectivity index (χ4v) is 4.88. The van der Waals surface area contributed by atoms with E-state index in [0.29, 0.717) is 24.8 Å². The van der Waals surface area contributed by atoms with Crippen LogP contribution in [-0.4, -0.2) is 52.4 Å². The zero-order valence-corrected chi connectivity index (χ0v) is 17.9. The lowest BCUT2D eigenvalue weighted by Gasteiger charge is -2.29. The number of rotatable bonds is 5. The van der Waals surface area contributed by atoms with Gasteiger partial charge in [0.05, 0.1) is 4.90 Å². The van der Waals surface area contributed by atoms with E-state index in [0.717, 1.165) is 43.6 Å². The Morgan fingerprint density at radius 1 is 1.30 bits per heavy atom. The van der Waals surface area contributed by atoms with Crippen LogP contribution in [0.3, 0.4) is 0 Å². The van der Waals surface area contributed by atoms with E-state index in [1.807, 2.05) is 6.07 Å². The molecule has 2 aliphatic heterocycles. The molecule has 6 nitrogen and oxygen atoms in total. The molecular formula is C19H30ClN3O3S. The number of nitrogens with one attached hydrogen (secondary N) is 1. The number of anilines is 1. The number of carbonyl (C=O) groups is 1. The van der Waals surface area contributed by atoms with Crippen molar-refractivity contribution in [1.29, 1.82) is 0 Å². The third-order valence-electron chi connectivity index (χ3n) is 5.72. The van der Waals surface area contributed by atoms with Crippen molar-refractivity contribution in [2.75, 3.05) is 38.6 Å². The second-order valence-electron chi connectivity index (χ2n) is 7.64. The minimum atomic E-state index is -3.50. The Hall–Kier alpha value is -1.15. The number of hydrogen-bond donors (Lipinski definition) is 1. The first-order chi connectivity index (χ1) is 12.3. The normalized spacial score (nSPS) is 18.9. The average Bonchev–Trinajstić information content (AvgIpc) is 3.05. The summed E-state index contributed by atoms with van der Waals surface area (Å²) in [4.78, 5) is 14.9. The summed E-state index contributed by atoms with van der Waals surface area (Å²) in [5.74, 6) is 1.04. The molecule has 1 saturated heterocycles. The Morgan fingerprint density at radius 3 is 2.59 bits per heavy atom. The maximum atomic E-state index is 12.9.